The summed E-state index contributed by atoms with van der Waals surface area (Å²) in [5, 5.41) is 0. The maximum Gasteiger partial charge on any atom is 0.253 e. The second-order valence-corrected chi connectivity index (χ2v) is 8.58. The molecule has 23 heavy (non-hydrogen) atoms. The molecule has 1 fully saturated rings. The largest absolute Gasteiger partial charge is 0.339 e. The van der Waals surface area contributed by atoms with Crippen molar-refractivity contribution in [3.05, 3.63) is 29.3 Å². The normalized spacial score (nSPS) is 21.4. The molecule has 0 radical (unpaired) electrons. The van der Waals surface area contributed by atoms with E-state index < -0.39 is 10.0 Å². The third-order valence-corrected chi connectivity index (χ3v) is 6.67. The third-order valence-electron chi connectivity index (χ3n) is 4.79. The Balaban J connectivity index is 1.89. The van der Waals surface area contributed by atoms with Gasteiger partial charge in [-0.3, -0.25) is 9.10 Å². The minimum atomic E-state index is -3.28. The zero-order valence-corrected chi connectivity index (χ0v) is 14.6. The first-order valence-electron chi connectivity index (χ1n) is 8.38. The number of amides is 1. The molecular weight excluding hydrogens is 312 g/mol. The summed E-state index contributed by atoms with van der Waals surface area (Å²) in [5.74, 6) is 0.155. The lowest BCUT2D eigenvalue weighted by molar-refractivity contribution is 0.0724. The smallest absolute Gasteiger partial charge is 0.253 e. The van der Waals surface area contributed by atoms with Gasteiger partial charge in [-0.25, -0.2) is 8.42 Å². The SMILES string of the molecule is CCS(=O)(=O)N1c2ccc(C(=O)N3CCCCC3)cc2C[C@H]1C. The monoisotopic (exact) mass is 336 g/mol. The van der Waals surface area contributed by atoms with Gasteiger partial charge in [-0.1, -0.05) is 0 Å². The number of likely N-dealkylation sites (tertiary alicyclic amines) is 1. The average Bonchev–Trinajstić information content (AvgIpc) is 2.90. The molecule has 1 aromatic rings. The summed E-state index contributed by atoms with van der Waals surface area (Å²) in [6.07, 6.45) is 3.98. The van der Waals surface area contributed by atoms with Gasteiger partial charge in [0.15, 0.2) is 0 Å². The van der Waals surface area contributed by atoms with Crippen LogP contribution in [0, 0.1) is 0 Å². The third kappa shape index (κ3) is 2.96. The van der Waals surface area contributed by atoms with Crippen LogP contribution < -0.4 is 4.31 Å². The predicted molar refractivity (Wildman–Crippen MR) is 91.3 cm³/mol. The van der Waals surface area contributed by atoms with Crippen LogP contribution in [0.3, 0.4) is 0 Å². The number of hydrogen-bond donors (Lipinski definition) is 0. The molecule has 6 heteroatoms. The second kappa shape index (κ2) is 6.15. The highest BCUT2D eigenvalue weighted by Crippen LogP contribution is 2.35. The highest BCUT2D eigenvalue weighted by molar-refractivity contribution is 7.92. The van der Waals surface area contributed by atoms with Crippen molar-refractivity contribution in [3.63, 3.8) is 0 Å². The topological polar surface area (TPSA) is 57.7 Å². The van der Waals surface area contributed by atoms with Gasteiger partial charge in [-0.2, -0.15) is 0 Å². The van der Waals surface area contributed by atoms with Crippen molar-refractivity contribution in [2.75, 3.05) is 23.1 Å². The predicted octanol–water partition coefficient (Wildman–Crippen LogP) is 2.41. The van der Waals surface area contributed by atoms with Gasteiger partial charge in [0.25, 0.3) is 5.91 Å². The van der Waals surface area contributed by atoms with Gasteiger partial charge in [-0.15, -0.1) is 0 Å². The minimum Gasteiger partial charge on any atom is -0.339 e. The molecule has 1 amide bonds. The van der Waals surface area contributed by atoms with E-state index in [9.17, 15) is 13.2 Å². The molecular formula is C17H24N2O3S. The van der Waals surface area contributed by atoms with E-state index in [1.807, 2.05) is 17.9 Å². The van der Waals surface area contributed by atoms with Gasteiger partial charge >= 0.3 is 0 Å². The fraction of sp³-hybridized carbons (Fsp3) is 0.588. The molecule has 2 aliphatic rings. The van der Waals surface area contributed by atoms with Gasteiger partial charge in [0.05, 0.1) is 11.4 Å². The number of carbonyl (C=O) groups excluding carboxylic acids is 1. The standard InChI is InChI=1S/C17H24N2O3S/c1-3-23(21,22)19-13(2)11-15-12-14(7-8-16(15)19)17(20)18-9-5-4-6-10-18/h7-8,12-13H,3-6,9-11H2,1-2H3/t13-/m1/s1. The van der Waals surface area contributed by atoms with E-state index in [0.717, 1.165) is 37.2 Å². The van der Waals surface area contributed by atoms with E-state index in [4.69, 9.17) is 0 Å². The number of carbonyl (C=O) groups is 1. The van der Waals surface area contributed by atoms with Crippen molar-refractivity contribution in [1.82, 2.24) is 4.90 Å². The lowest BCUT2D eigenvalue weighted by Gasteiger charge is -2.27. The molecule has 0 bridgehead atoms. The van der Waals surface area contributed by atoms with Crippen LogP contribution in [0.15, 0.2) is 18.2 Å². The van der Waals surface area contributed by atoms with Crippen LogP contribution in [0.4, 0.5) is 5.69 Å². The lowest BCUT2D eigenvalue weighted by atomic mass is 10.0. The van der Waals surface area contributed by atoms with Crippen molar-refractivity contribution >= 4 is 21.6 Å². The van der Waals surface area contributed by atoms with Crippen molar-refractivity contribution < 1.29 is 13.2 Å². The zero-order chi connectivity index (χ0) is 16.6. The first kappa shape index (κ1) is 16.3. The Kier molecular flexibility index (Phi) is 4.36. The number of piperidine rings is 1. The van der Waals surface area contributed by atoms with Crippen LogP contribution in [0.2, 0.25) is 0 Å². The van der Waals surface area contributed by atoms with Crippen LogP contribution >= 0.6 is 0 Å². The molecule has 2 aliphatic heterocycles. The van der Waals surface area contributed by atoms with Crippen LogP contribution in [-0.2, 0) is 16.4 Å². The van der Waals surface area contributed by atoms with Gasteiger partial charge in [0.1, 0.15) is 0 Å². The molecule has 5 nitrogen and oxygen atoms in total. The summed E-state index contributed by atoms with van der Waals surface area (Å²) in [5.41, 5.74) is 2.36. The van der Waals surface area contributed by atoms with E-state index in [1.54, 1.807) is 19.1 Å². The van der Waals surface area contributed by atoms with Crippen molar-refractivity contribution in [3.8, 4) is 0 Å². The van der Waals surface area contributed by atoms with Crippen LogP contribution in [0.25, 0.3) is 0 Å². The van der Waals surface area contributed by atoms with Crippen molar-refractivity contribution in [2.45, 2.75) is 45.6 Å². The number of hydrogen-bond acceptors (Lipinski definition) is 3. The molecule has 126 valence electrons. The molecule has 1 aromatic carbocycles. The Morgan fingerprint density at radius 2 is 1.91 bits per heavy atom. The highest BCUT2D eigenvalue weighted by Gasteiger charge is 2.34. The van der Waals surface area contributed by atoms with Gasteiger partial charge in [0, 0.05) is 24.7 Å². The van der Waals surface area contributed by atoms with E-state index >= 15 is 0 Å². The first-order chi connectivity index (χ1) is 10.9. The average molecular weight is 336 g/mol. The Morgan fingerprint density at radius 1 is 1.22 bits per heavy atom. The van der Waals surface area contributed by atoms with Gasteiger partial charge < -0.3 is 4.90 Å². The summed E-state index contributed by atoms with van der Waals surface area (Å²) in [7, 11) is -3.28. The summed E-state index contributed by atoms with van der Waals surface area (Å²) in [6, 6.07) is 5.36. The first-order valence-corrected chi connectivity index (χ1v) is 9.99. The quantitative estimate of drug-likeness (QED) is 0.852. The number of rotatable bonds is 3. The fourth-order valence-corrected chi connectivity index (χ4v) is 4.96. The number of nitrogens with zero attached hydrogens (tertiary/aromatic N) is 2. The maximum atomic E-state index is 12.6. The molecule has 0 unspecified atom stereocenters. The molecule has 1 saturated heterocycles. The number of benzene rings is 1. The van der Waals surface area contributed by atoms with E-state index in [0.29, 0.717) is 12.0 Å². The Bertz CT molecular complexity index is 709. The maximum absolute atomic E-state index is 12.6. The number of sulfonamides is 1. The number of fused-ring (bicyclic) bond motifs is 1. The Hall–Kier alpha value is -1.56. The number of anilines is 1. The molecule has 0 aromatic heterocycles. The molecule has 0 aliphatic carbocycles. The minimum absolute atomic E-state index is 0.0666. The van der Waals surface area contributed by atoms with Gasteiger partial charge in [-0.05, 0) is 63.3 Å². The van der Waals surface area contributed by atoms with Crippen molar-refractivity contribution in [2.24, 2.45) is 0 Å². The van der Waals surface area contributed by atoms with Crippen molar-refractivity contribution in [1.29, 1.82) is 0 Å². The summed E-state index contributed by atoms with van der Waals surface area (Å²) in [4.78, 5) is 14.5. The second-order valence-electron chi connectivity index (χ2n) is 6.45. The molecule has 0 N–H and O–H groups in total. The van der Waals surface area contributed by atoms with Gasteiger partial charge in [0.2, 0.25) is 10.0 Å². The zero-order valence-electron chi connectivity index (χ0n) is 13.8. The molecule has 1 atom stereocenters. The van der Waals surface area contributed by atoms with Crippen LogP contribution in [-0.4, -0.2) is 44.1 Å². The lowest BCUT2D eigenvalue weighted by Crippen LogP contribution is -2.36. The van der Waals surface area contributed by atoms with Crippen LogP contribution in [0.1, 0.15) is 49.0 Å². The summed E-state index contributed by atoms with van der Waals surface area (Å²) >= 11 is 0. The summed E-state index contributed by atoms with van der Waals surface area (Å²) < 4.78 is 26.1. The van der Waals surface area contributed by atoms with E-state index in [2.05, 4.69) is 0 Å². The highest BCUT2D eigenvalue weighted by atomic mass is 32.2. The Morgan fingerprint density at radius 3 is 2.57 bits per heavy atom. The fourth-order valence-electron chi connectivity index (χ4n) is 3.58. The van der Waals surface area contributed by atoms with E-state index in [-0.39, 0.29) is 17.7 Å². The van der Waals surface area contributed by atoms with Crippen LogP contribution in [0.5, 0.6) is 0 Å². The Labute approximate surface area is 138 Å². The van der Waals surface area contributed by atoms with E-state index in [1.165, 1.54) is 10.7 Å². The molecule has 0 spiro atoms. The molecule has 3 rings (SSSR count). The molecule has 2 heterocycles. The molecule has 0 saturated carbocycles. The summed E-state index contributed by atoms with van der Waals surface area (Å²) in [6.45, 7) is 5.22.